The molecule has 0 aromatic heterocycles. The second-order valence-corrected chi connectivity index (χ2v) is 10.2. The summed E-state index contributed by atoms with van der Waals surface area (Å²) in [6.45, 7) is 0.752. The second kappa shape index (κ2) is 10.0. The Morgan fingerprint density at radius 1 is 0.824 bits per heavy atom. The maximum atomic E-state index is 12.8. The molecule has 0 atom stereocenters. The zero-order valence-electron chi connectivity index (χ0n) is 18.1. The van der Waals surface area contributed by atoms with Crippen molar-refractivity contribution in [2.45, 2.75) is 13.2 Å². The summed E-state index contributed by atoms with van der Waals surface area (Å²) in [5, 5.41) is 2.15. The number of hydrogen-bond donors (Lipinski definition) is 0. The van der Waals surface area contributed by atoms with Gasteiger partial charge in [-0.15, -0.1) is 0 Å². The van der Waals surface area contributed by atoms with Crippen molar-refractivity contribution in [3.05, 3.63) is 116 Å². The van der Waals surface area contributed by atoms with E-state index in [0.29, 0.717) is 11.5 Å². The lowest BCUT2D eigenvalue weighted by molar-refractivity contribution is -0.123. The fourth-order valence-corrected chi connectivity index (χ4v) is 4.91. The summed E-state index contributed by atoms with van der Waals surface area (Å²) >= 11 is 3.21. The third kappa shape index (κ3) is 5.18. The van der Waals surface area contributed by atoms with Crippen LogP contribution in [0, 0.1) is 3.57 Å². The highest BCUT2D eigenvalue weighted by Crippen LogP contribution is 2.33. The molecule has 1 fully saturated rings. The van der Waals surface area contributed by atoms with Crippen molar-refractivity contribution in [2.75, 3.05) is 0 Å². The van der Waals surface area contributed by atoms with Crippen molar-refractivity contribution in [1.82, 2.24) is 4.90 Å². The Morgan fingerprint density at radius 2 is 1.53 bits per heavy atom. The third-order valence-corrected chi connectivity index (χ3v) is 7.15. The van der Waals surface area contributed by atoms with E-state index in [-0.39, 0.29) is 17.7 Å². The normalized spacial score (nSPS) is 14.9. The molecule has 168 valence electrons. The van der Waals surface area contributed by atoms with E-state index in [1.54, 1.807) is 6.08 Å². The number of amides is 2. The summed E-state index contributed by atoms with van der Waals surface area (Å²) in [6.07, 6.45) is 1.76. The minimum Gasteiger partial charge on any atom is -0.489 e. The molecule has 0 bridgehead atoms. The van der Waals surface area contributed by atoms with Crippen LogP contribution in [0.3, 0.4) is 0 Å². The molecule has 5 rings (SSSR count). The standard InChI is InChI=1S/C28H20INO3S/c29-24-11-6-20(7-12-24)17-30-27(31)26(34-28(30)32)16-19-8-13-25(14-9-19)33-18-21-5-10-22-3-1-2-4-23(22)15-21/h1-16H,17-18H2/b26-16-. The van der Waals surface area contributed by atoms with E-state index in [4.69, 9.17) is 4.74 Å². The molecule has 4 nitrogen and oxygen atoms in total. The van der Waals surface area contributed by atoms with Crippen LogP contribution in [0.1, 0.15) is 16.7 Å². The molecule has 4 aromatic rings. The molecular weight excluding hydrogens is 557 g/mol. The number of thioether (sulfide) groups is 1. The van der Waals surface area contributed by atoms with Crippen molar-refractivity contribution >= 4 is 62.3 Å². The first kappa shape index (κ1) is 22.7. The predicted octanol–water partition coefficient (Wildman–Crippen LogP) is 7.26. The minimum atomic E-state index is -0.259. The number of fused-ring (bicyclic) bond motifs is 1. The Morgan fingerprint density at radius 3 is 2.29 bits per heavy atom. The molecule has 0 radical (unpaired) electrons. The van der Waals surface area contributed by atoms with Crippen molar-refractivity contribution in [2.24, 2.45) is 0 Å². The van der Waals surface area contributed by atoms with E-state index in [1.807, 2.05) is 60.7 Å². The van der Waals surface area contributed by atoms with Crippen LogP contribution in [-0.4, -0.2) is 16.0 Å². The van der Waals surface area contributed by atoms with E-state index in [0.717, 1.165) is 37.8 Å². The van der Waals surface area contributed by atoms with Gasteiger partial charge in [0, 0.05) is 3.57 Å². The lowest BCUT2D eigenvalue weighted by atomic mass is 10.1. The maximum Gasteiger partial charge on any atom is 0.293 e. The molecule has 1 aliphatic heterocycles. The van der Waals surface area contributed by atoms with Gasteiger partial charge >= 0.3 is 0 Å². The van der Waals surface area contributed by atoms with Crippen LogP contribution in [0.2, 0.25) is 0 Å². The maximum absolute atomic E-state index is 12.8. The first-order valence-corrected chi connectivity index (χ1v) is 12.6. The van der Waals surface area contributed by atoms with Crippen LogP contribution in [-0.2, 0) is 17.9 Å². The molecule has 6 heteroatoms. The van der Waals surface area contributed by atoms with E-state index in [1.165, 1.54) is 15.7 Å². The number of hydrogen-bond acceptors (Lipinski definition) is 4. The highest BCUT2D eigenvalue weighted by atomic mass is 127. The van der Waals surface area contributed by atoms with Crippen LogP contribution >= 0.6 is 34.4 Å². The Kier molecular flexibility index (Phi) is 6.69. The average Bonchev–Trinajstić information content (AvgIpc) is 3.12. The van der Waals surface area contributed by atoms with Crippen molar-refractivity contribution in [3.63, 3.8) is 0 Å². The molecular formula is C28H20INO3S. The van der Waals surface area contributed by atoms with Crippen molar-refractivity contribution < 1.29 is 14.3 Å². The Bertz CT molecular complexity index is 1400. The molecule has 2 amide bonds. The van der Waals surface area contributed by atoms with E-state index < -0.39 is 0 Å². The summed E-state index contributed by atoms with van der Waals surface area (Å²) in [6, 6.07) is 29.9. The van der Waals surface area contributed by atoms with Crippen molar-refractivity contribution in [1.29, 1.82) is 0 Å². The van der Waals surface area contributed by atoms with Gasteiger partial charge in [-0.3, -0.25) is 14.5 Å². The van der Waals surface area contributed by atoms with Gasteiger partial charge in [0.2, 0.25) is 0 Å². The molecule has 4 aromatic carbocycles. The van der Waals surface area contributed by atoms with Crippen LogP contribution in [0.5, 0.6) is 5.75 Å². The Labute approximate surface area is 215 Å². The molecule has 1 saturated heterocycles. The number of imide groups is 1. The minimum absolute atomic E-state index is 0.245. The lowest BCUT2D eigenvalue weighted by Gasteiger charge is -2.12. The third-order valence-electron chi connectivity index (χ3n) is 5.52. The zero-order chi connectivity index (χ0) is 23.5. The average molecular weight is 577 g/mol. The largest absolute Gasteiger partial charge is 0.489 e. The number of halogens is 1. The second-order valence-electron chi connectivity index (χ2n) is 7.93. The number of nitrogens with zero attached hydrogens (tertiary/aromatic N) is 1. The number of ether oxygens (including phenoxy) is 1. The molecule has 1 heterocycles. The van der Waals surface area contributed by atoms with E-state index >= 15 is 0 Å². The molecule has 34 heavy (non-hydrogen) atoms. The fraction of sp³-hybridized carbons (Fsp3) is 0.0714. The first-order valence-electron chi connectivity index (χ1n) is 10.8. The molecule has 0 N–H and O–H groups in total. The van der Waals surface area contributed by atoms with Gasteiger partial charge in [0.15, 0.2) is 0 Å². The topological polar surface area (TPSA) is 46.6 Å². The van der Waals surface area contributed by atoms with E-state index in [2.05, 4.69) is 52.9 Å². The van der Waals surface area contributed by atoms with Gasteiger partial charge in [-0.05, 0) is 98.2 Å². The molecule has 0 saturated carbocycles. The van der Waals surface area contributed by atoms with Gasteiger partial charge in [0.1, 0.15) is 12.4 Å². The van der Waals surface area contributed by atoms with E-state index in [9.17, 15) is 9.59 Å². The Hall–Kier alpha value is -3.10. The SMILES string of the molecule is O=C1S/C(=C\c2ccc(OCc3ccc4ccccc4c3)cc2)C(=O)N1Cc1ccc(I)cc1. The summed E-state index contributed by atoms with van der Waals surface area (Å²) in [7, 11) is 0. The van der Waals surface area contributed by atoms with Crippen LogP contribution in [0.4, 0.5) is 4.79 Å². The summed E-state index contributed by atoms with van der Waals surface area (Å²) in [4.78, 5) is 26.9. The zero-order valence-corrected chi connectivity index (χ0v) is 21.1. The molecule has 0 unspecified atom stereocenters. The monoisotopic (exact) mass is 577 g/mol. The summed E-state index contributed by atoms with van der Waals surface area (Å²) in [5.41, 5.74) is 2.87. The molecule has 0 aliphatic carbocycles. The summed E-state index contributed by atoms with van der Waals surface area (Å²) < 4.78 is 7.05. The highest BCUT2D eigenvalue weighted by Gasteiger charge is 2.34. The van der Waals surface area contributed by atoms with Crippen molar-refractivity contribution in [3.8, 4) is 5.75 Å². The predicted molar refractivity (Wildman–Crippen MR) is 145 cm³/mol. The van der Waals surface area contributed by atoms with Crippen LogP contribution in [0.25, 0.3) is 16.8 Å². The Balaban J connectivity index is 1.23. The van der Waals surface area contributed by atoms with Gasteiger partial charge in [0.05, 0.1) is 11.4 Å². The highest BCUT2D eigenvalue weighted by molar-refractivity contribution is 14.1. The molecule has 0 spiro atoms. The van der Waals surface area contributed by atoms with Crippen LogP contribution in [0.15, 0.2) is 95.9 Å². The van der Waals surface area contributed by atoms with Gasteiger partial charge < -0.3 is 4.74 Å². The van der Waals surface area contributed by atoms with Gasteiger partial charge in [-0.1, -0.05) is 60.7 Å². The van der Waals surface area contributed by atoms with Crippen LogP contribution < -0.4 is 4.74 Å². The smallest absolute Gasteiger partial charge is 0.293 e. The number of carbonyl (C=O) groups excluding carboxylic acids is 2. The number of benzene rings is 4. The van der Waals surface area contributed by atoms with Gasteiger partial charge in [0.25, 0.3) is 11.1 Å². The fourth-order valence-electron chi connectivity index (χ4n) is 3.72. The van der Waals surface area contributed by atoms with Gasteiger partial charge in [-0.2, -0.15) is 0 Å². The number of carbonyl (C=O) groups is 2. The quantitative estimate of drug-likeness (QED) is 0.179. The summed E-state index contributed by atoms with van der Waals surface area (Å²) in [5.74, 6) is 0.488. The molecule has 1 aliphatic rings. The first-order chi connectivity index (χ1) is 16.5. The lowest BCUT2D eigenvalue weighted by Crippen LogP contribution is -2.27. The van der Waals surface area contributed by atoms with Gasteiger partial charge in [-0.25, -0.2) is 0 Å². The number of rotatable bonds is 6.